The second-order valence-corrected chi connectivity index (χ2v) is 6.09. The van der Waals surface area contributed by atoms with Gasteiger partial charge in [0, 0.05) is 12.7 Å². The topological polar surface area (TPSA) is 74.9 Å². The second kappa shape index (κ2) is 7.87. The number of nitrogens with zero attached hydrogens (tertiary/aromatic N) is 4. The number of nitrogens with one attached hydrogen (secondary N) is 1. The number of alkyl halides is 3. The third kappa shape index (κ3) is 4.95. The van der Waals surface area contributed by atoms with Crippen molar-refractivity contribution in [2.45, 2.75) is 13.1 Å². The summed E-state index contributed by atoms with van der Waals surface area (Å²) in [5.74, 6) is -2.18. The summed E-state index contributed by atoms with van der Waals surface area (Å²) in [5, 5.41) is 10.9. The predicted octanol–water partition coefficient (Wildman–Crippen LogP) is 3.55. The maximum Gasteiger partial charge on any atom is 0.398 e. The molecule has 0 atom stereocenters. The number of hydrogen-bond donors (Lipinski definition) is 1. The number of carbonyl (C=O) groups is 1. The van der Waals surface area contributed by atoms with Crippen molar-refractivity contribution in [3.8, 4) is 5.69 Å². The summed E-state index contributed by atoms with van der Waals surface area (Å²) in [6, 6.07) is 3.41. The lowest BCUT2D eigenvalue weighted by Gasteiger charge is -2.19. The molecule has 2 heterocycles. The molecule has 0 bridgehead atoms. The molecule has 0 fully saturated rings. The third-order valence-electron chi connectivity index (χ3n) is 2.99. The zero-order chi connectivity index (χ0) is 18.6. The highest BCUT2D eigenvalue weighted by atomic mass is 35.5. The van der Waals surface area contributed by atoms with E-state index in [1.54, 1.807) is 25.3 Å². The molecule has 2 aromatic rings. The molecule has 0 spiro atoms. The van der Waals surface area contributed by atoms with Crippen molar-refractivity contribution in [1.82, 2.24) is 14.8 Å². The molecule has 0 radical (unpaired) electrons. The van der Waals surface area contributed by atoms with Crippen molar-refractivity contribution < 1.29 is 18.0 Å². The number of amides is 1. The van der Waals surface area contributed by atoms with E-state index < -0.39 is 22.9 Å². The fourth-order valence-electron chi connectivity index (χ4n) is 1.91. The van der Waals surface area contributed by atoms with Crippen LogP contribution in [0.15, 0.2) is 30.7 Å². The lowest BCUT2D eigenvalue weighted by molar-refractivity contribution is -0.112. The number of carbonyl (C=O) groups excluding carboxylic acids is 1. The highest BCUT2D eigenvalue weighted by Gasteiger charge is 2.31. The third-order valence-corrected chi connectivity index (χ3v) is 4.19. The Morgan fingerprint density at radius 1 is 1.48 bits per heavy atom. The number of anilines is 1. The van der Waals surface area contributed by atoms with E-state index >= 15 is 0 Å². The zero-order valence-corrected chi connectivity index (χ0v) is 14.5. The van der Waals surface area contributed by atoms with E-state index in [2.05, 4.69) is 10.1 Å². The summed E-state index contributed by atoms with van der Waals surface area (Å²) in [5.41, 5.74) is 0.802. The quantitative estimate of drug-likeness (QED) is 0.639. The van der Waals surface area contributed by atoms with Gasteiger partial charge in [0.2, 0.25) is 0 Å². The molecule has 0 aliphatic heterocycles. The van der Waals surface area contributed by atoms with Crippen LogP contribution in [-0.4, -0.2) is 44.2 Å². The van der Waals surface area contributed by atoms with Gasteiger partial charge in [0.25, 0.3) is 5.91 Å². The molecule has 6 nitrogen and oxygen atoms in total. The van der Waals surface area contributed by atoms with Gasteiger partial charge in [-0.25, -0.2) is 4.68 Å². The summed E-state index contributed by atoms with van der Waals surface area (Å²) in [6.45, 7) is 1.74. The largest absolute Gasteiger partial charge is 0.398 e. The lowest BCUT2D eigenvalue weighted by Crippen LogP contribution is -2.35. The van der Waals surface area contributed by atoms with Crippen LogP contribution in [0.25, 0.3) is 5.69 Å². The minimum atomic E-state index is -4.46. The van der Waals surface area contributed by atoms with Crippen LogP contribution in [-0.2, 0) is 4.79 Å². The lowest BCUT2D eigenvalue weighted by atomic mass is 10.4. The summed E-state index contributed by atoms with van der Waals surface area (Å²) in [4.78, 5) is 17.3. The number of rotatable bonds is 4. The Hall–Kier alpha value is -2.07. The fourth-order valence-corrected chi connectivity index (χ4v) is 2.68. The smallest absolute Gasteiger partial charge is 0.303 e. The normalized spacial score (nSPS) is 11.4. The van der Waals surface area contributed by atoms with E-state index in [1.807, 2.05) is 0 Å². The van der Waals surface area contributed by atoms with E-state index in [0.717, 1.165) is 4.90 Å². The summed E-state index contributed by atoms with van der Waals surface area (Å²) in [7, 11) is 0. The molecule has 1 N–H and O–H groups in total. The molecule has 0 saturated heterocycles. The molecule has 2 rings (SSSR count). The Labute approximate surface area is 150 Å². The van der Waals surface area contributed by atoms with Gasteiger partial charge in [0.15, 0.2) is 10.2 Å². The minimum absolute atomic E-state index is 0.00678. The fraction of sp³-hybridized carbons (Fsp3) is 0.286. The van der Waals surface area contributed by atoms with Crippen molar-refractivity contribution in [2.75, 3.05) is 17.2 Å². The molecule has 0 aromatic carbocycles. The molecular weight excluding hydrogens is 379 g/mol. The molecule has 0 aliphatic rings. The number of pyridine rings is 1. The first-order chi connectivity index (χ1) is 11.7. The van der Waals surface area contributed by atoms with Crippen LogP contribution in [0.3, 0.4) is 0 Å². The molecule has 1 amide bonds. The molecule has 11 heteroatoms. The van der Waals surface area contributed by atoms with Crippen molar-refractivity contribution in [3.05, 3.63) is 35.9 Å². The van der Waals surface area contributed by atoms with Gasteiger partial charge in [-0.2, -0.15) is 18.3 Å². The van der Waals surface area contributed by atoms with Crippen molar-refractivity contribution in [3.63, 3.8) is 0 Å². The predicted molar refractivity (Wildman–Crippen MR) is 90.6 cm³/mol. The van der Waals surface area contributed by atoms with Gasteiger partial charge < -0.3 is 4.90 Å². The number of hydrogen-bond acceptors (Lipinski definition) is 5. The number of aromatic nitrogens is 3. The van der Waals surface area contributed by atoms with E-state index in [0.29, 0.717) is 5.69 Å². The Kier molecular flexibility index (Phi) is 6.07. The van der Waals surface area contributed by atoms with E-state index in [9.17, 15) is 18.0 Å². The maximum atomic E-state index is 12.3. The Morgan fingerprint density at radius 2 is 2.20 bits per heavy atom. The van der Waals surface area contributed by atoms with Gasteiger partial charge in [-0.05, 0) is 19.1 Å². The number of halogens is 4. The van der Waals surface area contributed by atoms with Gasteiger partial charge >= 0.3 is 6.18 Å². The summed E-state index contributed by atoms with van der Waals surface area (Å²) in [6.07, 6.45) is 0.114. The molecule has 0 saturated carbocycles. The molecule has 0 aliphatic carbocycles. The highest BCUT2D eigenvalue weighted by molar-refractivity contribution is 8.15. The van der Waals surface area contributed by atoms with Crippen LogP contribution in [0.4, 0.5) is 18.9 Å². The monoisotopic (exact) mass is 391 g/mol. The van der Waals surface area contributed by atoms with Crippen molar-refractivity contribution in [1.29, 1.82) is 5.41 Å². The van der Waals surface area contributed by atoms with Gasteiger partial charge in [-0.15, -0.1) is 0 Å². The average Bonchev–Trinajstić information content (AvgIpc) is 2.95. The molecule has 2 aromatic heterocycles. The van der Waals surface area contributed by atoms with Gasteiger partial charge in [-0.1, -0.05) is 23.4 Å². The summed E-state index contributed by atoms with van der Waals surface area (Å²) < 4.78 is 38.2. The highest BCUT2D eigenvalue weighted by Crippen LogP contribution is 2.28. The van der Waals surface area contributed by atoms with Crippen LogP contribution in [0, 0.1) is 5.41 Å². The first kappa shape index (κ1) is 19.3. The van der Waals surface area contributed by atoms with Crippen LogP contribution >= 0.6 is 23.4 Å². The maximum absolute atomic E-state index is 12.3. The van der Waals surface area contributed by atoms with Gasteiger partial charge in [-0.3, -0.25) is 15.2 Å². The first-order valence-corrected chi connectivity index (χ1v) is 8.35. The first-order valence-electron chi connectivity index (χ1n) is 6.98. The molecule has 0 unspecified atom stereocenters. The van der Waals surface area contributed by atoms with Gasteiger partial charge in [0.05, 0.1) is 23.8 Å². The molecular formula is C14H13ClF3N5OS. The Bertz CT molecular complexity index is 766. The zero-order valence-electron chi connectivity index (χ0n) is 12.9. The van der Waals surface area contributed by atoms with E-state index in [-0.39, 0.29) is 29.1 Å². The van der Waals surface area contributed by atoms with E-state index in [4.69, 9.17) is 17.0 Å². The van der Waals surface area contributed by atoms with Crippen LogP contribution in [0.5, 0.6) is 0 Å². The van der Waals surface area contributed by atoms with Crippen LogP contribution in [0.2, 0.25) is 5.15 Å². The van der Waals surface area contributed by atoms with Gasteiger partial charge in [0.1, 0.15) is 5.69 Å². The Balaban J connectivity index is 2.21. The summed E-state index contributed by atoms with van der Waals surface area (Å²) >= 11 is 6.19. The average molecular weight is 392 g/mol. The van der Waals surface area contributed by atoms with E-state index in [1.165, 1.54) is 17.1 Å². The molecule has 134 valence electrons. The van der Waals surface area contributed by atoms with Crippen LogP contribution in [0.1, 0.15) is 6.92 Å². The van der Waals surface area contributed by atoms with Crippen molar-refractivity contribution >= 4 is 40.0 Å². The Morgan fingerprint density at radius 3 is 2.76 bits per heavy atom. The second-order valence-electron chi connectivity index (χ2n) is 4.74. The standard InChI is InChI=1S/C14H13ClF3N5OS/c1-2-22(13(24)12(19)25-8-14(16,17)18)10-7-23(21-11(10)15)9-4-3-5-20-6-9/h3-7,19H,2,8H2,1H3. The SMILES string of the molecule is CCN(C(=O)C(=N)SCC(F)(F)F)c1cn(-c2cccnc2)nc1Cl. The molecule has 25 heavy (non-hydrogen) atoms. The van der Waals surface area contributed by atoms with Crippen LogP contribution < -0.4 is 4.90 Å². The minimum Gasteiger partial charge on any atom is -0.303 e. The van der Waals surface area contributed by atoms with Crippen molar-refractivity contribution in [2.24, 2.45) is 0 Å². The number of thioether (sulfide) groups is 1.